The molecule has 4 aromatic carbocycles. The average Bonchev–Trinajstić information content (AvgIpc) is 3.39. The van der Waals surface area contributed by atoms with E-state index in [1.165, 1.54) is 24.7 Å². The van der Waals surface area contributed by atoms with E-state index in [-0.39, 0.29) is 25.5 Å². The van der Waals surface area contributed by atoms with Crippen LogP contribution in [0.5, 0.6) is 0 Å². The van der Waals surface area contributed by atoms with Crippen LogP contribution in [0.4, 0.5) is 0 Å². The molecule has 2 saturated carbocycles. The first-order chi connectivity index (χ1) is 33.3. The number of ether oxygens (including phenoxy) is 6. The van der Waals surface area contributed by atoms with E-state index in [1.807, 2.05) is 97.1 Å². The van der Waals surface area contributed by atoms with E-state index in [0.29, 0.717) is 50.1 Å². The molecule has 0 N–H and O–H groups in total. The van der Waals surface area contributed by atoms with Gasteiger partial charge < -0.3 is 28.4 Å². The highest BCUT2D eigenvalue weighted by atomic mass is 16.7. The molecule has 0 aliphatic heterocycles. The number of esters is 2. The van der Waals surface area contributed by atoms with Crippen molar-refractivity contribution in [3.63, 3.8) is 0 Å². The second-order valence-corrected chi connectivity index (χ2v) is 16.3. The third kappa shape index (κ3) is 20.0. The summed E-state index contributed by atoms with van der Waals surface area (Å²) < 4.78 is 30.9. The Morgan fingerprint density at radius 1 is 0.441 bits per heavy atom. The number of carbonyl (C=O) groups is 2. The fourth-order valence-electron chi connectivity index (χ4n) is 7.28. The predicted octanol–water partition coefficient (Wildman–Crippen LogP) is 11.2. The van der Waals surface area contributed by atoms with Crippen LogP contribution in [0.3, 0.4) is 0 Å². The molecule has 0 heterocycles. The molecule has 0 bridgehead atoms. The van der Waals surface area contributed by atoms with Crippen LogP contribution < -0.4 is 0 Å². The van der Waals surface area contributed by atoms with Gasteiger partial charge in [0.1, 0.15) is 0 Å². The molecular formula is C60H60O8. The molecule has 68 heavy (non-hydrogen) atoms. The Morgan fingerprint density at radius 3 is 1.03 bits per heavy atom. The average molecular weight is 909 g/mol. The summed E-state index contributed by atoms with van der Waals surface area (Å²) in [5.74, 6) is 27.2. The summed E-state index contributed by atoms with van der Waals surface area (Å²) >= 11 is 0. The van der Waals surface area contributed by atoms with E-state index in [9.17, 15) is 9.59 Å². The van der Waals surface area contributed by atoms with E-state index >= 15 is 0 Å². The number of hydrogen-bond acceptors (Lipinski definition) is 8. The van der Waals surface area contributed by atoms with Crippen LogP contribution in [-0.2, 0) is 51.2 Å². The molecule has 2 aliphatic carbocycles. The maximum Gasteiger partial charge on any atom is 0.330 e. The number of rotatable bonds is 16. The monoisotopic (exact) mass is 908 g/mol. The first kappa shape index (κ1) is 51.5. The fourth-order valence-corrected chi connectivity index (χ4v) is 7.28. The first-order valence-electron chi connectivity index (χ1n) is 23.0. The predicted molar refractivity (Wildman–Crippen MR) is 267 cm³/mol. The van der Waals surface area contributed by atoms with Crippen molar-refractivity contribution in [2.24, 2.45) is 23.7 Å². The Labute approximate surface area is 403 Å². The molecule has 348 valence electrons. The molecule has 2 fully saturated rings. The standard InChI is InChI=1S/2C30H30O4/c2*1-3-30(31)34-22-29-19-15-27(16-20-29)12-10-25-7-5-24(6-8-25)9-11-26-13-17-28(18-14-26)21-33-23-32-4-2/h2*3-8,13-14,17-18,27,29H,1-2,15-16,19-23H2. The topological polar surface area (TPSA) is 89.5 Å². The highest BCUT2D eigenvalue weighted by Crippen LogP contribution is 2.30. The van der Waals surface area contributed by atoms with Crippen LogP contribution in [0, 0.1) is 71.0 Å². The van der Waals surface area contributed by atoms with Crippen molar-refractivity contribution in [2.75, 3.05) is 26.8 Å². The van der Waals surface area contributed by atoms with Crippen molar-refractivity contribution >= 4 is 11.9 Å². The molecule has 2 aliphatic rings. The fraction of sp³-hybridized carbons (Fsp3) is 0.300. The maximum absolute atomic E-state index is 11.2. The summed E-state index contributed by atoms with van der Waals surface area (Å²) in [6.45, 7) is 16.1. The Morgan fingerprint density at radius 2 is 0.735 bits per heavy atom. The SMILES string of the molecule is C=COCOCc1ccc(C#Cc2ccc(C#CC3CCC(COC(=O)C=C)CC3)cc2)cc1.C=COCOCc1ccc(C#Cc2ccc(C#CC3CCC(COC(=O)C=C)CC3)cc2)cc1. The summed E-state index contributed by atoms with van der Waals surface area (Å²) in [4.78, 5) is 22.4. The minimum absolute atomic E-state index is 0.196. The van der Waals surface area contributed by atoms with Crippen molar-refractivity contribution in [1.29, 1.82) is 0 Å². The van der Waals surface area contributed by atoms with Crippen molar-refractivity contribution < 1.29 is 38.0 Å². The van der Waals surface area contributed by atoms with E-state index in [4.69, 9.17) is 28.4 Å². The molecule has 6 rings (SSSR count). The molecular weight excluding hydrogens is 849 g/mol. The lowest BCUT2D eigenvalue weighted by Gasteiger charge is -2.24. The molecule has 0 atom stereocenters. The molecule has 0 saturated heterocycles. The van der Waals surface area contributed by atoms with Crippen LogP contribution in [0.25, 0.3) is 0 Å². The quantitative estimate of drug-likeness (QED) is 0.0274. The van der Waals surface area contributed by atoms with Crippen molar-refractivity contribution in [3.8, 4) is 47.4 Å². The van der Waals surface area contributed by atoms with Crippen LogP contribution in [-0.4, -0.2) is 38.7 Å². The van der Waals surface area contributed by atoms with E-state index in [2.05, 4.69) is 73.7 Å². The van der Waals surface area contributed by atoms with Crippen LogP contribution in [0.1, 0.15) is 95.9 Å². The van der Waals surface area contributed by atoms with Gasteiger partial charge in [0.15, 0.2) is 13.6 Å². The molecule has 0 aromatic heterocycles. The molecule has 0 unspecified atom stereocenters. The van der Waals surface area contributed by atoms with Gasteiger partial charge in [-0.3, -0.25) is 0 Å². The minimum Gasteiger partial charge on any atom is -0.476 e. The van der Waals surface area contributed by atoms with Gasteiger partial charge in [0, 0.05) is 57.4 Å². The molecule has 0 amide bonds. The lowest BCUT2D eigenvalue weighted by Crippen LogP contribution is -2.19. The zero-order valence-electron chi connectivity index (χ0n) is 38.9. The maximum atomic E-state index is 11.2. The third-order valence-electron chi connectivity index (χ3n) is 11.2. The van der Waals surface area contributed by atoms with Gasteiger partial charge in [-0.05, 0) is 147 Å². The van der Waals surface area contributed by atoms with Gasteiger partial charge in [0.2, 0.25) is 0 Å². The minimum atomic E-state index is -0.343. The first-order valence-corrected chi connectivity index (χ1v) is 23.0. The van der Waals surface area contributed by atoms with E-state index < -0.39 is 0 Å². The Kier molecular flexibility index (Phi) is 22.7. The van der Waals surface area contributed by atoms with Crippen molar-refractivity contribution in [3.05, 3.63) is 193 Å². The van der Waals surface area contributed by atoms with Crippen LogP contribution >= 0.6 is 0 Å². The Hall–Kier alpha value is -7.46. The summed E-state index contributed by atoms with van der Waals surface area (Å²) in [5.41, 5.74) is 7.92. The van der Waals surface area contributed by atoms with E-state index in [0.717, 1.165) is 95.9 Å². The number of hydrogen-bond donors (Lipinski definition) is 0. The summed E-state index contributed by atoms with van der Waals surface area (Å²) in [6, 6.07) is 32.0. The van der Waals surface area contributed by atoms with Gasteiger partial charge in [0.25, 0.3) is 0 Å². The van der Waals surface area contributed by atoms with Gasteiger partial charge in [0.05, 0.1) is 39.0 Å². The third-order valence-corrected chi connectivity index (χ3v) is 11.2. The van der Waals surface area contributed by atoms with Gasteiger partial charge in [-0.1, -0.05) is 97.9 Å². The summed E-state index contributed by atoms with van der Waals surface area (Å²) in [6.07, 6.45) is 13.5. The second kappa shape index (κ2) is 29.9. The lowest BCUT2D eigenvalue weighted by molar-refractivity contribution is -0.140. The molecule has 0 radical (unpaired) electrons. The Bertz CT molecular complexity index is 2310. The highest BCUT2D eigenvalue weighted by molar-refractivity contribution is 5.81. The second-order valence-electron chi connectivity index (χ2n) is 16.3. The van der Waals surface area contributed by atoms with E-state index in [1.54, 1.807) is 0 Å². The van der Waals surface area contributed by atoms with Gasteiger partial charge in [-0.25, -0.2) is 9.59 Å². The molecule has 4 aromatic rings. The molecule has 8 heteroatoms. The zero-order chi connectivity index (χ0) is 48.0. The largest absolute Gasteiger partial charge is 0.476 e. The smallest absolute Gasteiger partial charge is 0.330 e. The molecule has 8 nitrogen and oxygen atoms in total. The van der Waals surface area contributed by atoms with Gasteiger partial charge >= 0.3 is 11.9 Å². The van der Waals surface area contributed by atoms with Gasteiger partial charge in [-0.2, -0.15) is 0 Å². The zero-order valence-corrected chi connectivity index (χ0v) is 38.9. The number of benzene rings is 4. The highest BCUT2D eigenvalue weighted by Gasteiger charge is 2.22. The Balaban J connectivity index is 0.000000254. The summed E-state index contributed by atoms with van der Waals surface area (Å²) in [5, 5.41) is 0. The normalized spacial score (nSPS) is 16.7. The van der Waals surface area contributed by atoms with Crippen LogP contribution in [0.2, 0.25) is 0 Å². The van der Waals surface area contributed by atoms with Crippen molar-refractivity contribution in [2.45, 2.75) is 64.6 Å². The van der Waals surface area contributed by atoms with Gasteiger partial charge in [-0.15, -0.1) is 0 Å². The van der Waals surface area contributed by atoms with Crippen molar-refractivity contribution in [1.82, 2.24) is 0 Å². The van der Waals surface area contributed by atoms with Crippen LogP contribution in [0.15, 0.2) is 148 Å². The summed E-state index contributed by atoms with van der Waals surface area (Å²) in [7, 11) is 0. The number of carbonyl (C=O) groups excluding carboxylic acids is 2. The molecule has 0 spiro atoms. The lowest BCUT2D eigenvalue weighted by atomic mass is 9.82.